The summed E-state index contributed by atoms with van der Waals surface area (Å²) in [7, 11) is 1.53. The van der Waals surface area contributed by atoms with Crippen molar-refractivity contribution in [2.45, 2.75) is 6.42 Å². The van der Waals surface area contributed by atoms with Gasteiger partial charge in [-0.2, -0.15) is 0 Å². The van der Waals surface area contributed by atoms with Crippen molar-refractivity contribution in [3.63, 3.8) is 0 Å². The SMILES string of the molecule is COc1ccc(-n2c(O)c(C=NCCc3c[nH]c4ccccc34)c(=O)[nH]c2=O)cc1. The quantitative estimate of drug-likeness (QED) is 0.428. The Kier molecular flexibility index (Phi) is 5.21. The number of fused-ring (bicyclic) bond motifs is 1. The van der Waals surface area contributed by atoms with Gasteiger partial charge in [0.1, 0.15) is 11.3 Å². The third-order valence-electron chi connectivity index (χ3n) is 4.86. The number of para-hydroxylation sites is 1. The number of nitrogens with zero attached hydrogens (tertiary/aromatic N) is 2. The molecule has 0 spiro atoms. The average Bonchev–Trinajstić information content (AvgIpc) is 3.16. The summed E-state index contributed by atoms with van der Waals surface area (Å²) in [4.78, 5) is 34.2. The van der Waals surface area contributed by atoms with Gasteiger partial charge in [-0.15, -0.1) is 0 Å². The maximum absolute atomic E-state index is 12.2. The zero-order valence-corrected chi connectivity index (χ0v) is 16.3. The number of aromatic hydroxyl groups is 1. The van der Waals surface area contributed by atoms with Crippen molar-refractivity contribution in [2.24, 2.45) is 4.99 Å². The Morgan fingerprint density at radius 2 is 1.90 bits per heavy atom. The van der Waals surface area contributed by atoms with Gasteiger partial charge in [0.15, 0.2) is 0 Å². The summed E-state index contributed by atoms with van der Waals surface area (Å²) >= 11 is 0. The highest BCUT2D eigenvalue weighted by Crippen LogP contribution is 2.19. The molecule has 0 aliphatic rings. The summed E-state index contributed by atoms with van der Waals surface area (Å²) in [6.45, 7) is 0.419. The van der Waals surface area contributed by atoms with Crippen LogP contribution in [0.4, 0.5) is 0 Å². The van der Waals surface area contributed by atoms with Crippen LogP contribution in [0.15, 0.2) is 69.3 Å². The molecule has 2 aromatic carbocycles. The lowest BCUT2D eigenvalue weighted by atomic mass is 10.1. The molecule has 0 amide bonds. The van der Waals surface area contributed by atoms with E-state index in [1.165, 1.54) is 13.3 Å². The molecule has 2 heterocycles. The van der Waals surface area contributed by atoms with Crippen LogP contribution in [0.1, 0.15) is 11.1 Å². The monoisotopic (exact) mass is 404 g/mol. The summed E-state index contributed by atoms with van der Waals surface area (Å²) in [5.74, 6) is 0.138. The first-order chi connectivity index (χ1) is 14.6. The van der Waals surface area contributed by atoms with Crippen LogP contribution in [-0.4, -0.2) is 39.5 Å². The number of ether oxygens (including phenoxy) is 1. The third kappa shape index (κ3) is 3.62. The summed E-state index contributed by atoms with van der Waals surface area (Å²) in [5.41, 5.74) is 1.05. The van der Waals surface area contributed by atoms with Crippen LogP contribution in [-0.2, 0) is 6.42 Å². The van der Waals surface area contributed by atoms with E-state index in [1.807, 2.05) is 30.5 Å². The summed E-state index contributed by atoms with van der Waals surface area (Å²) in [6.07, 6.45) is 3.90. The molecule has 0 unspecified atom stereocenters. The van der Waals surface area contributed by atoms with Crippen LogP contribution in [0.2, 0.25) is 0 Å². The highest BCUT2D eigenvalue weighted by molar-refractivity contribution is 5.83. The number of methoxy groups -OCH3 is 1. The van der Waals surface area contributed by atoms with Gasteiger partial charge < -0.3 is 14.8 Å². The van der Waals surface area contributed by atoms with Crippen molar-refractivity contribution in [2.75, 3.05) is 13.7 Å². The Labute approximate surface area is 171 Å². The Hall–Kier alpha value is -4.07. The van der Waals surface area contributed by atoms with E-state index in [-0.39, 0.29) is 5.56 Å². The van der Waals surface area contributed by atoms with Gasteiger partial charge in [-0.25, -0.2) is 9.36 Å². The number of rotatable bonds is 6. The molecule has 0 fully saturated rings. The van der Waals surface area contributed by atoms with E-state index >= 15 is 0 Å². The predicted molar refractivity (Wildman–Crippen MR) is 115 cm³/mol. The first-order valence-corrected chi connectivity index (χ1v) is 9.36. The Morgan fingerprint density at radius 3 is 2.67 bits per heavy atom. The van der Waals surface area contributed by atoms with Gasteiger partial charge in [0.25, 0.3) is 5.56 Å². The summed E-state index contributed by atoms with van der Waals surface area (Å²) < 4.78 is 6.12. The molecular formula is C22H20N4O4. The topological polar surface area (TPSA) is 112 Å². The third-order valence-corrected chi connectivity index (χ3v) is 4.86. The second kappa shape index (κ2) is 8.12. The molecule has 0 radical (unpaired) electrons. The van der Waals surface area contributed by atoms with E-state index < -0.39 is 17.1 Å². The molecule has 2 aromatic heterocycles. The number of hydrogen-bond acceptors (Lipinski definition) is 5. The molecular weight excluding hydrogens is 384 g/mol. The van der Waals surface area contributed by atoms with E-state index in [1.54, 1.807) is 24.3 Å². The Bertz CT molecular complexity index is 1330. The van der Waals surface area contributed by atoms with E-state index in [9.17, 15) is 14.7 Å². The van der Waals surface area contributed by atoms with E-state index in [2.05, 4.69) is 15.0 Å². The summed E-state index contributed by atoms with van der Waals surface area (Å²) in [6, 6.07) is 14.5. The van der Waals surface area contributed by atoms with Gasteiger partial charge in [-0.05, 0) is 42.3 Å². The van der Waals surface area contributed by atoms with Gasteiger partial charge >= 0.3 is 5.69 Å². The second-order valence-electron chi connectivity index (χ2n) is 6.67. The van der Waals surface area contributed by atoms with Crippen LogP contribution < -0.4 is 16.0 Å². The number of aromatic amines is 2. The van der Waals surface area contributed by atoms with Crippen LogP contribution in [0.5, 0.6) is 11.6 Å². The molecule has 8 heteroatoms. The number of benzene rings is 2. The van der Waals surface area contributed by atoms with Gasteiger partial charge in [0, 0.05) is 29.9 Å². The normalized spacial score (nSPS) is 11.4. The lowest BCUT2D eigenvalue weighted by molar-refractivity contribution is 0.414. The van der Waals surface area contributed by atoms with Crippen LogP contribution in [0.3, 0.4) is 0 Å². The van der Waals surface area contributed by atoms with E-state index in [0.29, 0.717) is 24.4 Å². The average molecular weight is 404 g/mol. The van der Waals surface area contributed by atoms with E-state index in [4.69, 9.17) is 4.74 Å². The standard InChI is InChI=1S/C22H20N4O4/c1-30-16-8-6-15(7-9-16)26-21(28)18(20(27)25-22(26)29)13-23-11-10-14-12-24-19-5-3-2-4-17(14)19/h2-9,12-13,24,28H,10-11H2,1H3,(H,25,27,29). The van der Waals surface area contributed by atoms with E-state index in [0.717, 1.165) is 21.0 Å². The number of aliphatic imine (C=N–C) groups is 1. The van der Waals surface area contributed by atoms with Crippen LogP contribution >= 0.6 is 0 Å². The molecule has 0 bridgehead atoms. The fraction of sp³-hybridized carbons (Fsp3) is 0.136. The van der Waals surface area contributed by atoms with Gasteiger partial charge in [-0.1, -0.05) is 18.2 Å². The van der Waals surface area contributed by atoms with Gasteiger partial charge in [0.2, 0.25) is 5.88 Å². The zero-order chi connectivity index (χ0) is 21.1. The second-order valence-corrected chi connectivity index (χ2v) is 6.67. The molecule has 0 saturated heterocycles. The maximum atomic E-state index is 12.2. The number of H-pyrrole nitrogens is 2. The van der Waals surface area contributed by atoms with Crippen molar-refractivity contribution >= 4 is 17.1 Å². The van der Waals surface area contributed by atoms with Crippen LogP contribution in [0.25, 0.3) is 16.6 Å². The number of nitrogens with one attached hydrogen (secondary N) is 2. The maximum Gasteiger partial charge on any atom is 0.335 e. The first-order valence-electron chi connectivity index (χ1n) is 9.36. The van der Waals surface area contributed by atoms with Gasteiger partial charge in [-0.3, -0.25) is 14.8 Å². The van der Waals surface area contributed by atoms with Crippen molar-refractivity contribution < 1.29 is 9.84 Å². The largest absolute Gasteiger partial charge is 0.497 e. The minimum absolute atomic E-state index is 0.0793. The van der Waals surface area contributed by atoms with Crippen molar-refractivity contribution in [3.05, 3.63) is 86.7 Å². The van der Waals surface area contributed by atoms with Crippen molar-refractivity contribution in [3.8, 4) is 17.3 Å². The Morgan fingerprint density at radius 1 is 1.13 bits per heavy atom. The first kappa shape index (κ1) is 19.3. The summed E-state index contributed by atoms with van der Waals surface area (Å²) in [5, 5.41) is 11.7. The highest BCUT2D eigenvalue weighted by atomic mass is 16.5. The van der Waals surface area contributed by atoms with Crippen molar-refractivity contribution in [1.82, 2.24) is 14.5 Å². The van der Waals surface area contributed by atoms with Gasteiger partial charge in [0.05, 0.1) is 12.8 Å². The number of aromatic nitrogens is 3. The highest BCUT2D eigenvalue weighted by Gasteiger charge is 2.14. The molecule has 152 valence electrons. The molecule has 0 aliphatic heterocycles. The smallest absolute Gasteiger partial charge is 0.335 e. The fourth-order valence-electron chi connectivity index (χ4n) is 3.31. The lowest BCUT2D eigenvalue weighted by Crippen LogP contribution is -2.31. The van der Waals surface area contributed by atoms with Crippen LogP contribution in [0, 0.1) is 0 Å². The number of hydrogen-bond donors (Lipinski definition) is 3. The Balaban J connectivity index is 1.59. The molecule has 4 aromatic rings. The minimum Gasteiger partial charge on any atom is -0.497 e. The molecule has 0 saturated carbocycles. The fourth-order valence-corrected chi connectivity index (χ4v) is 3.31. The molecule has 8 nitrogen and oxygen atoms in total. The minimum atomic E-state index is -0.737. The molecule has 0 aliphatic carbocycles. The molecule has 30 heavy (non-hydrogen) atoms. The van der Waals surface area contributed by atoms with Crippen molar-refractivity contribution in [1.29, 1.82) is 0 Å². The molecule has 4 rings (SSSR count). The zero-order valence-electron chi connectivity index (χ0n) is 16.3. The lowest BCUT2D eigenvalue weighted by Gasteiger charge is -2.10. The molecule has 0 atom stereocenters. The predicted octanol–water partition coefficient (Wildman–Crippen LogP) is 2.38. The molecule has 3 N–H and O–H groups in total.